The summed E-state index contributed by atoms with van der Waals surface area (Å²) in [5.74, 6) is 0.285. The number of nitrogen functional groups attached to an aromatic ring is 1. The maximum atomic E-state index is 11.4. The Balaban J connectivity index is 2.10. The second-order valence-electron chi connectivity index (χ2n) is 3.81. The minimum absolute atomic E-state index is 0.0894. The van der Waals surface area contributed by atoms with E-state index in [-0.39, 0.29) is 11.7 Å². The van der Waals surface area contributed by atoms with Crippen LogP contribution in [-0.4, -0.2) is 22.5 Å². The van der Waals surface area contributed by atoms with E-state index in [1.807, 2.05) is 4.90 Å². The third kappa shape index (κ3) is 2.03. The van der Waals surface area contributed by atoms with Gasteiger partial charge in [0.25, 0.3) is 0 Å². The fourth-order valence-corrected chi connectivity index (χ4v) is 1.79. The molecule has 0 bridgehead atoms. The zero-order chi connectivity index (χ0) is 10.8. The van der Waals surface area contributed by atoms with E-state index in [1.165, 1.54) is 0 Å². The van der Waals surface area contributed by atoms with Gasteiger partial charge in [-0.2, -0.15) is 0 Å². The molecule has 1 amide bonds. The zero-order valence-electron chi connectivity index (χ0n) is 8.44. The number of phenolic OH excluding ortho intramolecular Hbond substituents is 1. The third-order valence-electron chi connectivity index (χ3n) is 2.64. The lowest BCUT2D eigenvalue weighted by molar-refractivity contribution is -0.128. The van der Waals surface area contributed by atoms with Crippen LogP contribution in [0, 0.1) is 0 Å². The lowest BCUT2D eigenvalue weighted by Crippen LogP contribution is -2.23. The predicted octanol–water partition coefficient (Wildman–Crippen LogP) is 1.10. The van der Waals surface area contributed by atoms with Gasteiger partial charge >= 0.3 is 0 Å². The molecule has 1 aliphatic rings. The largest absolute Gasteiger partial charge is 0.506 e. The first-order valence-corrected chi connectivity index (χ1v) is 5.02. The summed E-state index contributed by atoms with van der Waals surface area (Å²) in [6, 6.07) is 5.06. The number of carbonyl (C=O) groups excluding carboxylic acids is 1. The van der Waals surface area contributed by atoms with Crippen molar-refractivity contribution in [2.75, 3.05) is 12.3 Å². The average Bonchev–Trinajstić information content (AvgIpc) is 2.59. The lowest BCUT2D eigenvalue weighted by atomic mass is 10.2. The molecule has 0 aromatic heterocycles. The van der Waals surface area contributed by atoms with Crippen LogP contribution < -0.4 is 5.73 Å². The van der Waals surface area contributed by atoms with Crippen molar-refractivity contribution in [2.45, 2.75) is 19.4 Å². The second kappa shape index (κ2) is 3.81. The topological polar surface area (TPSA) is 66.6 Å². The number of benzene rings is 1. The van der Waals surface area contributed by atoms with E-state index in [1.54, 1.807) is 18.2 Å². The summed E-state index contributed by atoms with van der Waals surface area (Å²) >= 11 is 0. The molecule has 1 saturated heterocycles. The summed E-state index contributed by atoms with van der Waals surface area (Å²) in [5.41, 5.74) is 6.90. The Kier molecular flexibility index (Phi) is 2.49. The molecule has 15 heavy (non-hydrogen) atoms. The molecule has 0 atom stereocenters. The normalized spacial score (nSPS) is 16.0. The number of likely N-dealkylation sites (tertiary alicyclic amines) is 1. The van der Waals surface area contributed by atoms with Crippen LogP contribution in [0.15, 0.2) is 18.2 Å². The Morgan fingerprint density at radius 3 is 2.87 bits per heavy atom. The first-order chi connectivity index (χ1) is 7.16. The van der Waals surface area contributed by atoms with E-state index in [9.17, 15) is 9.90 Å². The van der Waals surface area contributed by atoms with Crippen molar-refractivity contribution in [1.29, 1.82) is 0 Å². The van der Waals surface area contributed by atoms with Gasteiger partial charge in [0.05, 0.1) is 5.69 Å². The molecule has 0 spiro atoms. The Morgan fingerprint density at radius 2 is 2.27 bits per heavy atom. The van der Waals surface area contributed by atoms with Crippen LogP contribution in [0.25, 0.3) is 0 Å². The van der Waals surface area contributed by atoms with Crippen molar-refractivity contribution in [1.82, 2.24) is 4.90 Å². The Hall–Kier alpha value is -1.71. The highest BCUT2D eigenvalue weighted by Crippen LogP contribution is 2.22. The Bertz CT molecular complexity index is 390. The number of nitrogens with zero attached hydrogens (tertiary/aromatic N) is 1. The molecule has 2 rings (SSSR count). The number of carbonyl (C=O) groups is 1. The number of aromatic hydroxyl groups is 1. The summed E-state index contributed by atoms with van der Waals surface area (Å²) in [7, 11) is 0. The van der Waals surface area contributed by atoms with Gasteiger partial charge in [-0.15, -0.1) is 0 Å². The van der Waals surface area contributed by atoms with Crippen LogP contribution in [0.2, 0.25) is 0 Å². The van der Waals surface area contributed by atoms with Gasteiger partial charge in [0.15, 0.2) is 0 Å². The number of hydrogen-bond donors (Lipinski definition) is 2. The van der Waals surface area contributed by atoms with E-state index in [2.05, 4.69) is 0 Å². The molecule has 0 radical (unpaired) electrons. The smallest absolute Gasteiger partial charge is 0.222 e. The summed E-state index contributed by atoms with van der Waals surface area (Å²) < 4.78 is 0. The number of rotatable bonds is 2. The maximum Gasteiger partial charge on any atom is 0.222 e. The summed E-state index contributed by atoms with van der Waals surface area (Å²) in [6.45, 7) is 1.41. The van der Waals surface area contributed by atoms with Crippen molar-refractivity contribution < 1.29 is 9.90 Å². The molecule has 1 fully saturated rings. The number of nitrogens with two attached hydrogens (primary N) is 1. The van der Waals surface area contributed by atoms with Crippen molar-refractivity contribution in [3.8, 4) is 5.75 Å². The van der Waals surface area contributed by atoms with Gasteiger partial charge < -0.3 is 15.7 Å². The van der Waals surface area contributed by atoms with E-state index >= 15 is 0 Å². The zero-order valence-corrected chi connectivity index (χ0v) is 8.44. The molecule has 0 aliphatic carbocycles. The SMILES string of the molecule is Nc1cc(CN2CCCC2=O)ccc1O. The predicted molar refractivity (Wildman–Crippen MR) is 57.2 cm³/mol. The Morgan fingerprint density at radius 1 is 1.47 bits per heavy atom. The van der Waals surface area contributed by atoms with E-state index in [0.29, 0.717) is 18.7 Å². The highest BCUT2D eigenvalue weighted by molar-refractivity contribution is 5.78. The minimum atomic E-state index is 0.0894. The average molecular weight is 206 g/mol. The number of hydrogen-bond acceptors (Lipinski definition) is 3. The highest BCUT2D eigenvalue weighted by atomic mass is 16.3. The number of anilines is 1. The highest BCUT2D eigenvalue weighted by Gasteiger charge is 2.19. The molecule has 4 heteroatoms. The molecule has 0 saturated carbocycles. The molecule has 3 N–H and O–H groups in total. The molecule has 4 nitrogen and oxygen atoms in total. The molecular weight excluding hydrogens is 192 g/mol. The van der Waals surface area contributed by atoms with Crippen molar-refractivity contribution in [2.24, 2.45) is 0 Å². The maximum absolute atomic E-state index is 11.4. The molecule has 1 heterocycles. The Labute approximate surface area is 88.3 Å². The van der Waals surface area contributed by atoms with Gasteiger partial charge in [0.2, 0.25) is 5.91 Å². The molecule has 0 unspecified atom stereocenters. The third-order valence-corrected chi connectivity index (χ3v) is 2.64. The number of phenols is 1. The fraction of sp³-hybridized carbons (Fsp3) is 0.364. The van der Waals surface area contributed by atoms with Crippen molar-refractivity contribution >= 4 is 11.6 Å². The molecular formula is C11H14N2O2. The quantitative estimate of drug-likeness (QED) is 0.562. The monoisotopic (exact) mass is 206 g/mol. The first-order valence-electron chi connectivity index (χ1n) is 5.02. The van der Waals surface area contributed by atoms with Crippen LogP contribution >= 0.6 is 0 Å². The van der Waals surface area contributed by atoms with Gasteiger partial charge in [0.1, 0.15) is 5.75 Å². The van der Waals surface area contributed by atoms with E-state index in [4.69, 9.17) is 5.73 Å². The lowest BCUT2D eigenvalue weighted by Gasteiger charge is -2.15. The van der Waals surface area contributed by atoms with Gasteiger partial charge in [-0.3, -0.25) is 4.79 Å². The van der Waals surface area contributed by atoms with Crippen LogP contribution in [0.5, 0.6) is 5.75 Å². The molecule has 1 aromatic rings. The number of amides is 1. The summed E-state index contributed by atoms with van der Waals surface area (Å²) in [5, 5.41) is 9.25. The van der Waals surface area contributed by atoms with Crippen molar-refractivity contribution in [3.05, 3.63) is 23.8 Å². The standard InChI is InChI=1S/C11H14N2O2/c12-9-6-8(3-4-10(9)14)7-13-5-1-2-11(13)15/h3-4,6,14H,1-2,5,7,12H2. The van der Waals surface area contributed by atoms with Gasteiger partial charge in [-0.25, -0.2) is 0 Å². The van der Waals surface area contributed by atoms with Gasteiger partial charge in [0, 0.05) is 19.5 Å². The summed E-state index contributed by atoms with van der Waals surface area (Å²) in [4.78, 5) is 13.2. The van der Waals surface area contributed by atoms with Gasteiger partial charge in [-0.05, 0) is 24.1 Å². The molecule has 1 aliphatic heterocycles. The van der Waals surface area contributed by atoms with E-state index < -0.39 is 0 Å². The fourth-order valence-electron chi connectivity index (χ4n) is 1.79. The van der Waals surface area contributed by atoms with E-state index in [0.717, 1.165) is 18.5 Å². The second-order valence-corrected chi connectivity index (χ2v) is 3.81. The molecule has 1 aromatic carbocycles. The minimum Gasteiger partial charge on any atom is -0.506 e. The first kappa shape index (κ1) is 9.83. The molecule has 80 valence electrons. The van der Waals surface area contributed by atoms with Crippen molar-refractivity contribution in [3.63, 3.8) is 0 Å². The van der Waals surface area contributed by atoms with Crippen LogP contribution in [-0.2, 0) is 11.3 Å². The van der Waals surface area contributed by atoms with Crippen LogP contribution in [0.3, 0.4) is 0 Å². The summed E-state index contributed by atoms with van der Waals surface area (Å²) in [6.07, 6.45) is 1.58. The van der Waals surface area contributed by atoms with Crippen LogP contribution in [0.1, 0.15) is 18.4 Å². The van der Waals surface area contributed by atoms with Gasteiger partial charge in [-0.1, -0.05) is 6.07 Å². The van der Waals surface area contributed by atoms with Crippen LogP contribution in [0.4, 0.5) is 5.69 Å².